The van der Waals surface area contributed by atoms with Gasteiger partial charge in [-0.3, -0.25) is 0 Å². The minimum Gasteiger partial charge on any atom is -0.203 e. The molecule has 0 amide bonds. The van der Waals surface area contributed by atoms with Crippen LogP contribution in [0.5, 0.6) is 0 Å². The molecular weight excluding hydrogens is 486 g/mol. The second-order valence-corrected chi connectivity index (χ2v) is 5.82. The van der Waals surface area contributed by atoms with Gasteiger partial charge in [-0.2, -0.15) is 70.2 Å². The first kappa shape index (κ1) is 28.7. The molecule has 0 aliphatic heterocycles. The first-order chi connectivity index (χ1) is 12.8. The molecule has 0 unspecified atom stereocenters. The molecule has 18 heteroatoms. The van der Waals surface area contributed by atoms with Crippen molar-refractivity contribution in [1.82, 2.24) is 0 Å². The fourth-order valence-electron chi connectivity index (χ4n) is 1.84. The Bertz CT molecular complexity index is 602. The number of alkyl halides is 18. The van der Waals surface area contributed by atoms with Gasteiger partial charge in [-0.15, -0.1) is 0 Å². The largest absolute Gasteiger partial charge is 0.385 e. The highest BCUT2D eigenvalue weighted by molar-refractivity contribution is 5.16. The van der Waals surface area contributed by atoms with Crippen molar-refractivity contribution in [2.24, 2.45) is 0 Å². The van der Waals surface area contributed by atoms with Gasteiger partial charge in [0, 0.05) is 6.42 Å². The first-order valence-corrected chi connectivity index (χ1v) is 7.06. The molecule has 0 aliphatic rings. The van der Waals surface area contributed by atoms with E-state index in [4.69, 9.17) is 0 Å². The van der Waals surface area contributed by atoms with Gasteiger partial charge in [0.2, 0.25) is 0 Å². The molecule has 0 aromatic carbocycles. The Balaban J connectivity index is 6.75. The Morgan fingerprint density at radius 1 is 0.467 bits per heavy atom. The van der Waals surface area contributed by atoms with Gasteiger partial charge in [0.1, 0.15) is 0 Å². The summed E-state index contributed by atoms with van der Waals surface area (Å²) in [6.45, 7) is 0.565. The Hall–Kier alpha value is -1.26. The molecular formula is C12H8F18. The van der Waals surface area contributed by atoms with E-state index in [2.05, 4.69) is 0 Å². The predicted molar refractivity (Wildman–Crippen MR) is 60.5 cm³/mol. The Kier molecular flexibility index (Phi) is 7.10. The lowest BCUT2D eigenvalue weighted by Crippen LogP contribution is -2.75. The zero-order valence-corrected chi connectivity index (χ0v) is 13.8. The lowest BCUT2D eigenvalue weighted by molar-refractivity contribution is -0.457. The SMILES string of the molecule is CCCC(F)(F)C(F)(F)C(F)(F)C(F)(F)C(F)(F)C(F)(F)C(F)(F)C(F)(F)C(F)F. The zero-order chi connectivity index (χ0) is 25.0. The van der Waals surface area contributed by atoms with Crippen LogP contribution >= 0.6 is 0 Å². The van der Waals surface area contributed by atoms with Crippen molar-refractivity contribution >= 4 is 0 Å². The molecule has 0 N–H and O–H groups in total. The summed E-state index contributed by atoms with van der Waals surface area (Å²) in [7, 11) is 0. The number of hydrogen-bond acceptors (Lipinski definition) is 0. The van der Waals surface area contributed by atoms with Gasteiger partial charge in [-0.05, 0) is 0 Å². The standard InChI is InChI=1S/C12H8F18/c1-2-3-5(15,16)7(19,20)9(23,24)11(27,28)12(29,30)10(25,26)8(21,22)6(17,18)4(13)14/h4H,2-3H2,1H3. The minimum atomic E-state index is -8.67. The van der Waals surface area contributed by atoms with Gasteiger partial charge >= 0.3 is 53.8 Å². The maximum absolute atomic E-state index is 13.3. The highest BCUT2D eigenvalue weighted by Gasteiger charge is 2.95. The molecule has 0 aliphatic carbocycles. The van der Waals surface area contributed by atoms with Crippen LogP contribution in [-0.2, 0) is 0 Å². The van der Waals surface area contributed by atoms with Crippen molar-refractivity contribution in [3.8, 4) is 0 Å². The molecule has 0 bridgehead atoms. The van der Waals surface area contributed by atoms with Gasteiger partial charge in [0.25, 0.3) is 0 Å². The monoisotopic (exact) mass is 494 g/mol. The van der Waals surface area contributed by atoms with E-state index in [9.17, 15) is 79.0 Å². The van der Waals surface area contributed by atoms with E-state index in [-0.39, 0.29) is 0 Å². The summed E-state index contributed by atoms with van der Waals surface area (Å²) in [6.07, 6.45) is -9.58. The van der Waals surface area contributed by atoms with Gasteiger partial charge < -0.3 is 0 Å². The maximum atomic E-state index is 13.3. The molecule has 0 radical (unpaired) electrons. The summed E-state index contributed by atoms with van der Waals surface area (Å²) < 4.78 is 233. The van der Waals surface area contributed by atoms with Crippen molar-refractivity contribution in [2.75, 3.05) is 0 Å². The van der Waals surface area contributed by atoms with Gasteiger partial charge in [0.05, 0.1) is 0 Å². The van der Waals surface area contributed by atoms with E-state index >= 15 is 0 Å². The van der Waals surface area contributed by atoms with Gasteiger partial charge in [-0.1, -0.05) is 13.3 Å². The van der Waals surface area contributed by atoms with E-state index in [0.717, 1.165) is 0 Å². The van der Waals surface area contributed by atoms with Crippen LogP contribution in [0.15, 0.2) is 0 Å². The number of rotatable bonds is 10. The van der Waals surface area contributed by atoms with E-state index in [0.29, 0.717) is 6.92 Å². The molecule has 0 atom stereocenters. The third-order valence-corrected chi connectivity index (χ3v) is 3.69. The van der Waals surface area contributed by atoms with Crippen LogP contribution in [0.3, 0.4) is 0 Å². The van der Waals surface area contributed by atoms with Crippen LogP contribution < -0.4 is 0 Å². The molecule has 0 nitrogen and oxygen atoms in total. The van der Waals surface area contributed by atoms with Gasteiger partial charge in [0.15, 0.2) is 0 Å². The molecule has 0 rings (SSSR count). The summed E-state index contributed by atoms with van der Waals surface area (Å²) in [4.78, 5) is 0. The topological polar surface area (TPSA) is 0 Å². The van der Waals surface area contributed by atoms with Crippen LogP contribution in [0.2, 0.25) is 0 Å². The summed E-state index contributed by atoms with van der Waals surface area (Å²) in [5.41, 5.74) is 0. The van der Waals surface area contributed by atoms with Crippen LogP contribution in [0, 0.1) is 0 Å². The second-order valence-electron chi connectivity index (χ2n) is 5.82. The first-order valence-electron chi connectivity index (χ1n) is 7.06. The average molecular weight is 494 g/mol. The molecule has 0 spiro atoms. The summed E-state index contributed by atoms with van der Waals surface area (Å²) >= 11 is 0. The van der Waals surface area contributed by atoms with E-state index in [1.807, 2.05) is 0 Å². The normalized spacial score (nSPS) is 16.4. The van der Waals surface area contributed by atoms with Crippen molar-refractivity contribution in [3.63, 3.8) is 0 Å². The molecule has 182 valence electrons. The minimum absolute atomic E-state index is 0.565. The molecule has 0 aromatic heterocycles. The van der Waals surface area contributed by atoms with Crippen LogP contribution in [-0.4, -0.2) is 53.8 Å². The van der Waals surface area contributed by atoms with Crippen LogP contribution in [0.4, 0.5) is 79.0 Å². The summed E-state index contributed by atoms with van der Waals surface area (Å²) in [5, 5.41) is 0. The van der Waals surface area contributed by atoms with Crippen molar-refractivity contribution in [2.45, 2.75) is 73.6 Å². The van der Waals surface area contributed by atoms with E-state index < -0.39 is 66.6 Å². The molecule has 0 saturated heterocycles. The molecule has 0 saturated carbocycles. The third-order valence-electron chi connectivity index (χ3n) is 3.69. The van der Waals surface area contributed by atoms with Gasteiger partial charge in [-0.25, -0.2) is 8.78 Å². The Morgan fingerprint density at radius 2 is 0.733 bits per heavy atom. The second kappa shape index (κ2) is 7.41. The Labute approximate surface area is 154 Å². The summed E-state index contributed by atoms with van der Waals surface area (Å²) in [6, 6.07) is 0. The quantitative estimate of drug-likeness (QED) is 0.284. The highest BCUT2D eigenvalue weighted by atomic mass is 19.4. The maximum Gasteiger partial charge on any atom is 0.385 e. The van der Waals surface area contributed by atoms with Crippen molar-refractivity contribution < 1.29 is 79.0 Å². The predicted octanol–water partition coefficient (Wildman–Crippen LogP) is 7.13. The molecule has 0 heterocycles. The fourth-order valence-corrected chi connectivity index (χ4v) is 1.84. The summed E-state index contributed by atoms with van der Waals surface area (Å²) in [5.74, 6) is -63.8. The zero-order valence-electron chi connectivity index (χ0n) is 13.8. The van der Waals surface area contributed by atoms with Crippen molar-refractivity contribution in [1.29, 1.82) is 0 Å². The smallest absolute Gasteiger partial charge is 0.203 e. The van der Waals surface area contributed by atoms with E-state index in [1.54, 1.807) is 0 Å². The van der Waals surface area contributed by atoms with Crippen LogP contribution in [0.25, 0.3) is 0 Å². The molecule has 30 heavy (non-hydrogen) atoms. The lowest BCUT2D eigenvalue weighted by atomic mass is 9.87. The van der Waals surface area contributed by atoms with Crippen molar-refractivity contribution in [3.05, 3.63) is 0 Å². The molecule has 0 fully saturated rings. The van der Waals surface area contributed by atoms with Crippen LogP contribution in [0.1, 0.15) is 19.8 Å². The average Bonchev–Trinajstić information content (AvgIpc) is 2.53. The lowest BCUT2D eigenvalue weighted by Gasteiger charge is -2.43. The van der Waals surface area contributed by atoms with E-state index in [1.165, 1.54) is 0 Å². The Morgan fingerprint density at radius 3 is 1.00 bits per heavy atom. The third kappa shape index (κ3) is 3.44. The number of halogens is 18. The molecule has 0 aromatic rings. The number of hydrogen-bond donors (Lipinski definition) is 0. The fraction of sp³-hybridized carbons (Fsp3) is 1.00. The highest BCUT2D eigenvalue weighted by Crippen LogP contribution is 2.64.